The number of hydrogen-bond donors (Lipinski definition) is 2. The second-order valence-corrected chi connectivity index (χ2v) is 7.04. The van der Waals surface area contributed by atoms with Gasteiger partial charge in [-0.3, -0.25) is 4.79 Å². The van der Waals surface area contributed by atoms with Gasteiger partial charge in [-0.05, 0) is 35.4 Å². The van der Waals surface area contributed by atoms with Crippen molar-refractivity contribution >= 4 is 17.7 Å². The van der Waals surface area contributed by atoms with E-state index in [2.05, 4.69) is 10.3 Å². The van der Waals surface area contributed by atoms with Crippen LogP contribution in [0.15, 0.2) is 59.9 Å². The van der Waals surface area contributed by atoms with Crippen molar-refractivity contribution < 1.29 is 18.7 Å². The second-order valence-electron chi connectivity index (χ2n) is 6.09. The van der Waals surface area contributed by atoms with Crippen LogP contribution >= 0.6 is 11.8 Å². The summed E-state index contributed by atoms with van der Waals surface area (Å²) in [6.45, 7) is 0.0402. The number of halogens is 2. The molecule has 28 heavy (non-hydrogen) atoms. The van der Waals surface area contributed by atoms with E-state index in [4.69, 9.17) is 0 Å². The predicted molar refractivity (Wildman–Crippen MR) is 102 cm³/mol. The van der Waals surface area contributed by atoms with Crippen LogP contribution in [0, 0.1) is 11.6 Å². The molecule has 0 aliphatic heterocycles. The maximum atomic E-state index is 13.0. The lowest BCUT2D eigenvalue weighted by atomic mass is 10.2. The van der Waals surface area contributed by atoms with Crippen molar-refractivity contribution in [2.75, 3.05) is 0 Å². The van der Waals surface area contributed by atoms with Gasteiger partial charge >= 0.3 is 0 Å². The lowest BCUT2D eigenvalue weighted by Crippen LogP contribution is -2.28. The molecule has 0 atom stereocenters. The first-order chi connectivity index (χ1) is 13.5. The highest BCUT2D eigenvalue weighted by molar-refractivity contribution is 7.98. The number of benzene rings is 2. The Balaban J connectivity index is 1.61. The van der Waals surface area contributed by atoms with E-state index in [1.807, 2.05) is 0 Å². The monoisotopic (exact) mass is 403 g/mol. The lowest BCUT2D eigenvalue weighted by molar-refractivity contribution is -0.122. The Morgan fingerprint density at radius 1 is 1.04 bits per heavy atom. The van der Waals surface area contributed by atoms with Gasteiger partial charge in [0.25, 0.3) is 0 Å². The Kier molecular flexibility index (Phi) is 6.78. The first-order valence-corrected chi connectivity index (χ1v) is 9.57. The molecule has 0 unspecified atom stereocenters. The van der Waals surface area contributed by atoms with Crippen molar-refractivity contribution in [2.24, 2.45) is 0 Å². The highest BCUT2D eigenvalue weighted by atomic mass is 32.2. The van der Waals surface area contributed by atoms with E-state index >= 15 is 0 Å². The topological polar surface area (TPSA) is 67.2 Å². The third kappa shape index (κ3) is 5.40. The van der Waals surface area contributed by atoms with E-state index < -0.39 is 0 Å². The van der Waals surface area contributed by atoms with Gasteiger partial charge in [0.2, 0.25) is 5.91 Å². The standard InChI is InChI=1S/C20H19F2N3O2S/c21-16-5-1-14(2-6-16)9-23-19(27)11-25-18(12-26)10-24-20(25)28-13-15-3-7-17(22)8-4-15/h1-8,10,26H,9,11-13H2,(H,23,27). The van der Waals surface area contributed by atoms with Crippen molar-refractivity contribution in [3.63, 3.8) is 0 Å². The number of aliphatic hydroxyl groups excluding tert-OH is 1. The molecule has 0 spiro atoms. The molecule has 8 heteroatoms. The number of rotatable bonds is 8. The van der Waals surface area contributed by atoms with Crippen molar-refractivity contribution in [1.82, 2.24) is 14.9 Å². The van der Waals surface area contributed by atoms with E-state index in [0.29, 0.717) is 16.6 Å². The second kappa shape index (κ2) is 9.48. The SMILES string of the molecule is O=C(Cn1c(CO)cnc1SCc1ccc(F)cc1)NCc1ccc(F)cc1. The van der Waals surface area contributed by atoms with Gasteiger partial charge in [0.15, 0.2) is 5.16 Å². The molecule has 1 aromatic heterocycles. The molecule has 146 valence electrons. The third-order valence-electron chi connectivity index (χ3n) is 4.05. The molecule has 0 radical (unpaired) electrons. The Morgan fingerprint density at radius 3 is 2.25 bits per heavy atom. The lowest BCUT2D eigenvalue weighted by Gasteiger charge is -2.11. The molecule has 0 aliphatic carbocycles. The average Bonchev–Trinajstić information content (AvgIpc) is 3.08. The molecule has 1 heterocycles. The third-order valence-corrected chi connectivity index (χ3v) is 5.11. The fraction of sp³-hybridized carbons (Fsp3) is 0.200. The van der Waals surface area contributed by atoms with Gasteiger partial charge in [0.05, 0.1) is 18.5 Å². The minimum Gasteiger partial charge on any atom is -0.390 e. The van der Waals surface area contributed by atoms with Crippen LogP contribution in [0.1, 0.15) is 16.8 Å². The fourth-order valence-electron chi connectivity index (χ4n) is 2.53. The zero-order chi connectivity index (χ0) is 19.9. The molecule has 3 aromatic rings. The molecule has 0 bridgehead atoms. The van der Waals surface area contributed by atoms with Crippen molar-refractivity contribution in [1.29, 1.82) is 0 Å². The van der Waals surface area contributed by atoms with E-state index in [9.17, 15) is 18.7 Å². The van der Waals surface area contributed by atoms with Gasteiger partial charge in [-0.2, -0.15) is 0 Å². The minimum atomic E-state index is -0.330. The van der Waals surface area contributed by atoms with Gasteiger partial charge in [-0.1, -0.05) is 36.0 Å². The highest BCUT2D eigenvalue weighted by Gasteiger charge is 2.14. The maximum Gasteiger partial charge on any atom is 0.240 e. The largest absolute Gasteiger partial charge is 0.390 e. The number of carbonyl (C=O) groups excluding carboxylic acids is 1. The van der Waals surface area contributed by atoms with Crippen LogP contribution < -0.4 is 5.32 Å². The molecule has 0 saturated carbocycles. The summed E-state index contributed by atoms with van der Waals surface area (Å²) in [7, 11) is 0. The van der Waals surface area contributed by atoms with Crippen LogP contribution in [0.2, 0.25) is 0 Å². The number of thioether (sulfide) groups is 1. The molecule has 0 saturated heterocycles. The number of aliphatic hydroxyl groups is 1. The van der Waals surface area contributed by atoms with E-state index in [1.165, 1.54) is 42.2 Å². The summed E-state index contributed by atoms with van der Waals surface area (Å²) >= 11 is 1.40. The van der Waals surface area contributed by atoms with Gasteiger partial charge < -0.3 is 15.0 Å². The summed E-state index contributed by atoms with van der Waals surface area (Å²) in [5.74, 6) is -0.320. The maximum absolute atomic E-state index is 13.0. The summed E-state index contributed by atoms with van der Waals surface area (Å²) in [6, 6.07) is 12.1. The quantitative estimate of drug-likeness (QED) is 0.567. The molecule has 3 rings (SSSR count). The number of carbonyl (C=O) groups is 1. The van der Waals surface area contributed by atoms with Crippen molar-refractivity contribution in [2.45, 2.75) is 30.6 Å². The normalized spacial score (nSPS) is 10.8. The Morgan fingerprint density at radius 2 is 1.64 bits per heavy atom. The zero-order valence-corrected chi connectivity index (χ0v) is 15.8. The van der Waals surface area contributed by atoms with Crippen LogP contribution in [0.4, 0.5) is 8.78 Å². The number of nitrogens with one attached hydrogen (secondary N) is 1. The Hall–Kier alpha value is -2.71. The molecule has 2 aromatic carbocycles. The van der Waals surface area contributed by atoms with Crippen LogP contribution in [-0.2, 0) is 30.2 Å². The predicted octanol–water partition coefficient (Wildman–Crippen LogP) is 3.26. The summed E-state index contributed by atoms with van der Waals surface area (Å²) in [5, 5.41) is 12.9. The van der Waals surface area contributed by atoms with E-state index in [-0.39, 0.29) is 37.2 Å². The Labute approximate surface area is 165 Å². The molecule has 0 fully saturated rings. The molecular formula is C20H19F2N3O2S. The minimum absolute atomic E-state index is 0.00282. The van der Waals surface area contributed by atoms with E-state index in [0.717, 1.165) is 11.1 Å². The van der Waals surface area contributed by atoms with Gasteiger partial charge in [-0.25, -0.2) is 13.8 Å². The molecule has 0 aliphatic rings. The van der Waals surface area contributed by atoms with Crippen LogP contribution in [0.5, 0.6) is 0 Å². The fourth-order valence-corrected chi connectivity index (χ4v) is 3.49. The Bertz CT molecular complexity index is 928. The molecule has 2 N–H and O–H groups in total. The average molecular weight is 403 g/mol. The molecular weight excluding hydrogens is 384 g/mol. The van der Waals surface area contributed by atoms with Crippen molar-refractivity contribution in [3.05, 3.63) is 83.2 Å². The van der Waals surface area contributed by atoms with Crippen LogP contribution in [0.25, 0.3) is 0 Å². The summed E-state index contributed by atoms with van der Waals surface area (Å²) in [6.07, 6.45) is 1.53. The van der Waals surface area contributed by atoms with Gasteiger partial charge in [0, 0.05) is 12.3 Å². The molecule has 1 amide bonds. The number of aromatic nitrogens is 2. The first kappa shape index (κ1) is 20.0. The summed E-state index contributed by atoms with van der Waals surface area (Å²) in [5.41, 5.74) is 2.24. The van der Waals surface area contributed by atoms with Crippen molar-refractivity contribution in [3.8, 4) is 0 Å². The smallest absolute Gasteiger partial charge is 0.240 e. The van der Waals surface area contributed by atoms with E-state index in [1.54, 1.807) is 28.8 Å². The van der Waals surface area contributed by atoms with Crippen LogP contribution in [0.3, 0.4) is 0 Å². The summed E-state index contributed by atoms with van der Waals surface area (Å²) in [4.78, 5) is 16.6. The number of nitrogens with zero attached hydrogens (tertiary/aromatic N) is 2. The van der Waals surface area contributed by atoms with Gasteiger partial charge in [-0.15, -0.1) is 0 Å². The van der Waals surface area contributed by atoms with Crippen LogP contribution in [-0.4, -0.2) is 20.6 Å². The first-order valence-electron chi connectivity index (χ1n) is 8.59. The number of hydrogen-bond acceptors (Lipinski definition) is 4. The van der Waals surface area contributed by atoms with Gasteiger partial charge in [0.1, 0.15) is 18.2 Å². The number of imidazole rings is 1. The number of amides is 1. The summed E-state index contributed by atoms with van der Waals surface area (Å²) < 4.78 is 27.6. The highest BCUT2D eigenvalue weighted by Crippen LogP contribution is 2.23. The zero-order valence-electron chi connectivity index (χ0n) is 14.9. The molecule has 5 nitrogen and oxygen atoms in total.